The van der Waals surface area contributed by atoms with E-state index in [9.17, 15) is 9.90 Å². The Bertz CT molecular complexity index is 890. The summed E-state index contributed by atoms with van der Waals surface area (Å²) in [6, 6.07) is 14.3. The Labute approximate surface area is 183 Å². The molecule has 4 rings (SSSR count). The maximum atomic E-state index is 12.6. The van der Waals surface area contributed by atoms with E-state index in [4.69, 9.17) is 16.3 Å². The van der Waals surface area contributed by atoms with Gasteiger partial charge in [0.15, 0.2) is 0 Å². The molecule has 2 heterocycles. The average Bonchev–Trinajstić information content (AvgIpc) is 3.08. The van der Waals surface area contributed by atoms with Crippen LogP contribution in [0.25, 0.3) is 0 Å². The van der Waals surface area contributed by atoms with Gasteiger partial charge in [-0.15, -0.1) is 0 Å². The smallest absolute Gasteiger partial charge is 0.222 e. The van der Waals surface area contributed by atoms with Gasteiger partial charge in [-0.2, -0.15) is 0 Å². The summed E-state index contributed by atoms with van der Waals surface area (Å²) in [5, 5.41) is 10.0. The minimum absolute atomic E-state index is 0.218. The van der Waals surface area contributed by atoms with Crippen LogP contribution in [0.2, 0.25) is 5.02 Å². The first kappa shape index (κ1) is 21.2. The van der Waals surface area contributed by atoms with Crippen molar-refractivity contribution in [3.63, 3.8) is 0 Å². The van der Waals surface area contributed by atoms with Crippen molar-refractivity contribution < 1.29 is 14.6 Å². The number of ether oxygens (including phenoxy) is 1. The van der Waals surface area contributed by atoms with Crippen molar-refractivity contribution in [1.29, 1.82) is 0 Å². The molecule has 0 aliphatic carbocycles. The summed E-state index contributed by atoms with van der Waals surface area (Å²) < 4.78 is 6.30. The van der Waals surface area contributed by atoms with Gasteiger partial charge < -0.3 is 14.7 Å². The predicted octanol–water partition coefficient (Wildman–Crippen LogP) is 4.44. The van der Waals surface area contributed by atoms with Crippen LogP contribution in [0.15, 0.2) is 42.5 Å². The zero-order valence-electron chi connectivity index (χ0n) is 17.6. The molecule has 0 spiro atoms. The quantitative estimate of drug-likeness (QED) is 0.741. The molecule has 0 radical (unpaired) electrons. The fourth-order valence-electron chi connectivity index (χ4n) is 4.64. The van der Waals surface area contributed by atoms with Crippen molar-refractivity contribution in [2.45, 2.75) is 51.0 Å². The molecule has 2 aromatic carbocycles. The molecule has 5 heteroatoms. The Morgan fingerprint density at radius 2 is 1.87 bits per heavy atom. The molecule has 1 fully saturated rings. The first-order chi connectivity index (χ1) is 14.4. The number of hydrogen-bond acceptors (Lipinski definition) is 3. The van der Waals surface area contributed by atoms with Crippen LogP contribution in [-0.4, -0.2) is 41.2 Å². The summed E-state index contributed by atoms with van der Waals surface area (Å²) in [6.07, 6.45) is 4.79. The summed E-state index contributed by atoms with van der Waals surface area (Å²) in [5.41, 5.74) is 3.36. The van der Waals surface area contributed by atoms with Gasteiger partial charge in [0.2, 0.25) is 5.91 Å². The van der Waals surface area contributed by atoms with E-state index < -0.39 is 0 Å². The SMILES string of the molecule is CC1(Cc2ccc(Cl)cc2)Cc2cc(CCC(=O)N3CCC(CO)CC3)ccc2O1. The molecule has 4 nitrogen and oxygen atoms in total. The average molecular weight is 428 g/mol. The number of halogens is 1. The summed E-state index contributed by atoms with van der Waals surface area (Å²) in [7, 11) is 0. The Hall–Kier alpha value is -2.04. The zero-order valence-corrected chi connectivity index (χ0v) is 18.3. The van der Waals surface area contributed by atoms with E-state index in [1.165, 1.54) is 16.7 Å². The number of piperidine rings is 1. The van der Waals surface area contributed by atoms with Crippen molar-refractivity contribution >= 4 is 17.5 Å². The van der Waals surface area contributed by atoms with Crippen molar-refractivity contribution in [2.75, 3.05) is 19.7 Å². The Kier molecular flexibility index (Phi) is 6.35. The third-order valence-corrected chi connectivity index (χ3v) is 6.64. The summed E-state index contributed by atoms with van der Waals surface area (Å²) in [6.45, 7) is 3.92. The third kappa shape index (κ3) is 4.98. The molecule has 160 valence electrons. The molecule has 2 aliphatic rings. The maximum absolute atomic E-state index is 12.6. The van der Waals surface area contributed by atoms with Crippen LogP contribution in [0.3, 0.4) is 0 Å². The van der Waals surface area contributed by atoms with Crippen LogP contribution in [-0.2, 0) is 24.1 Å². The fraction of sp³-hybridized carbons (Fsp3) is 0.480. The predicted molar refractivity (Wildman–Crippen MR) is 119 cm³/mol. The van der Waals surface area contributed by atoms with Crippen LogP contribution >= 0.6 is 11.6 Å². The van der Waals surface area contributed by atoms with Gasteiger partial charge in [-0.05, 0) is 67.0 Å². The highest BCUT2D eigenvalue weighted by molar-refractivity contribution is 6.30. The number of likely N-dealkylation sites (tertiary alicyclic amines) is 1. The number of fused-ring (bicyclic) bond motifs is 1. The standard InChI is InChI=1S/C25H30ClNO3/c1-25(15-19-2-6-22(26)7-3-19)16-21-14-18(4-8-23(21)30-25)5-9-24(29)27-12-10-20(17-28)11-13-27/h2-4,6-8,14,20,28H,5,9-13,15-17H2,1H3. The topological polar surface area (TPSA) is 49.8 Å². The zero-order chi connectivity index (χ0) is 21.1. The van der Waals surface area contributed by atoms with Gasteiger partial charge in [-0.1, -0.05) is 35.9 Å². The van der Waals surface area contributed by atoms with Crippen molar-refractivity contribution in [3.8, 4) is 5.75 Å². The van der Waals surface area contributed by atoms with Crippen molar-refractivity contribution in [3.05, 3.63) is 64.2 Å². The number of aliphatic hydroxyl groups is 1. The number of amides is 1. The molecule has 2 aromatic rings. The maximum Gasteiger partial charge on any atom is 0.222 e. The van der Waals surface area contributed by atoms with E-state index in [-0.39, 0.29) is 18.1 Å². The molecule has 0 bridgehead atoms. The van der Waals surface area contributed by atoms with E-state index >= 15 is 0 Å². The van der Waals surface area contributed by atoms with E-state index in [2.05, 4.69) is 37.3 Å². The van der Waals surface area contributed by atoms with Crippen LogP contribution in [0, 0.1) is 5.92 Å². The Morgan fingerprint density at radius 3 is 2.57 bits per heavy atom. The first-order valence-electron chi connectivity index (χ1n) is 10.9. The molecule has 1 saturated heterocycles. The molecule has 1 unspecified atom stereocenters. The van der Waals surface area contributed by atoms with Gasteiger partial charge in [0.05, 0.1) is 0 Å². The van der Waals surface area contributed by atoms with Crippen LogP contribution in [0.5, 0.6) is 5.75 Å². The minimum atomic E-state index is -0.262. The Balaban J connectivity index is 1.33. The number of benzene rings is 2. The van der Waals surface area contributed by atoms with Gasteiger partial charge >= 0.3 is 0 Å². The highest BCUT2D eigenvalue weighted by atomic mass is 35.5. The van der Waals surface area contributed by atoms with E-state index in [0.717, 1.165) is 56.0 Å². The summed E-state index contributed by atoms with van der Waals surface area (Å²) in [5.74, 6) is 1.52. The molecular formula is C25H30ClNO3. The van der Waals surface area contributed by atoms with Crippen molar-refractivity contribution in [1.82, 2.24) is 4.90 Å². The molecule has 0 saturated carbocycles. The van der Waals surface area contributed by atoms with Crippen LogP contribution < -0.4 is 4.74 Å². The number of rotatable bonds is 6. The highest BCUT2D eigenvalue weighted by Crippen LogP contribution is 2.37. The molecule has 30 heavy (non-hydrogen) atoms. The molecular weight excluding hydrogens is 398 g/mol. The largest absolute Gasteiger partial charge is 0.487 e. The second-order valence-corrected chi connectivity index (χ2v) is 9.42. The summed E-state index contributed by atoms with van der Waals surface area (Å²) in [4.78, 5) is 14.5. The lowest BCUT2D eigenvalue weighted by atomic mass is 9.91. The highest BCUT2D eigenvalue weighted by Gasteiger charge is 2.35. The lowest BCUT2D eigenvalue weighted by Gasteiger charge is -2.31. The van der Waals surface area contributed by atoms with Crippen molar-refractivity contribution in [2.24, 2.45) is 5.92 Å². The van der Waals surface area contributed by atoms with E-state index in [1.54, 1.807) is 0 Å². The first-order valence-corrected chi connectivity index (χ1v) is 11.3. The third-order valence-electron chi connectivity index (χ3n) is 6.39. The second kappa shape index (κ2) is 8.99. The number of carbonyl (C=O) groups is 1. The van der Waals surface area contributed by atoms with Crippen LogP contribution in [0.1, 0.15) is 42.9 Å². The lowest BCUT2D eigenvalue weighted by molar-refractivity contribution is -0.132. The van der Waals surface area contributed by atoms with Gasteiger partial charge in [0.25, 0.3) is 0 Å². The summed E-state index contributed by atoms with van der Waals surface area (Å²) >= 11 is 6.00. The minimum Gasteiger partial charge on any atom is -0.487 e. The lowest BCUT2D eigenvalue weighted by Crippen LogP contribution is -2.39. The normalized spacial score (nSPS) is 21.4. The fourth-order valence-corrected chi connectivity index (χ4v) is 4.76. The molecule has 1 amide bonds. The van der Waals surface area contributed by atoms with E-state index in [0.29, 0.717) is 12.3 Å². The Morgan fingerprint density at radius 1 is 1.17 bits per heavy atom. The molecule has 1 N–H and O–H groups in total. The van der Waals surface area contributed by atoms with Crippen LogP contribution in [0.4, 0.5) is 0 Å². The number of aryl methyl sites for hydroxylation is 1. The molecule has 1 atom stereocenters. The molecule has 2 aliphatic heterocycles. The van der Waals surface area contributed by atoms with Gasteiger partial charge in [0, 0.05) is 44.0 Å². The monoisotopic (exact) mass is 427 g/mol. The van der Waals surface area contributed by atoms with Gasteiger partial charge in [0.1, 0.15) is 11.4 Å². The number of hydrogen-bond donors (Lipinski definition) is 1. The van der Waals surface area contributed by atoms with Gasteiger partial charge in [-0.25, -0.2) is 0 Å². The second-order valence-electron chi connectivity index (χ2n) is 8.98. The van der Waals surface area contributed by atoms with Gasteiger partial charge in [-0.3, -0.25) is 4.79 Å². The van der Waals surface area contributed by atoms with E-state index in [1.807, 2.05) is 17.0 Å². The number of carbonyl (C=O) groups excluding carboxylic acids is 1. The molecule has 0 aromatic heterocycles. The number of aliphatic hydroxyl groups excluding tert-OH is 1. The number of nitrogens with zero attached hydrogens (tertiary/aromatic N) is 1.